The van der Waals surface area contributed by atoms with E-state index in [2.05, 4.69) is 15.4 Å². The Morgan fingerprint density at radius 1 is 1.16 bits per heavy atom. The van der Waals surface area contributed by atoms with Crippen molar-refractivity contribution in [2.24, 2.45) is 17.8 Å². The van der Waals surface area contributed by atoms with Crippen LogP contribution in [-0.4, -0.2) is 43.4 Å². The number of imide groups is 1. The van der Waals surface area contributed by atoms with E-state index in [-0.39, 0.29) is 35.5 Å². The van der Waals surface area contributed by atoms with Crippen molar-refractivity contribution in [3.63, 3.8) is 0 Å². The first-order valence-electron chi connectivity index (χ1n) is 10.7. The number of rotatable bonds is 7. The fourth-order valence-corrected chi connectivity index (χ4v) is 4.38. The fourth-order valence-electron chi connectivity index (χ4n) is 4.38. The summed E-state index contributed by atoms with van der Waals surface area (Å²) in [5, 5.41) is 7.02. The van der Waals surface area contributed by atoms with Gasteiger partial charge in [-0.2, -0.15) is 5.10 Å². The van der Waals surface area contributed by atoms with Gasteiger partial charge in [-0.15, -0.1) is 0 Å². The monoisotopic (exact) mass is 421 g/mol. The van der Waals surface area contributed by atoms with Crippen molar-refractivity contribution < 1.29 is 14.4 Å². The molecule has 3 amide bonds. The fraction of sp³-hybridized carbons (Fsp3) is 0.435. The lowest BCUT2D eigenvalue weighted by atomic mass is 9.85. The van der Waals surface area contributed by atoms with E-state index in [1.54, 1.807) is 17.1 Å². The molecule has 162 valence electrons. The van der Waals surface area contributed by atoms with E-state index in [9.17, 15) is 14.4 Å². The number of benzene rings is 1. The Hall–Kier alpha value is -3.29. The lowest BCUT2D eigenvalue weighted by molar-refractivity contribution is -0.147. The highest BCUT2D eigenvalue weighted by Gasteiger charge is 2.51. The average Bonchev–Trinajstić information content (AvgIpc) is 3.34. The van der Waals surface area contributed by atoms with E-state index < -0.39 is 6.04 Å². The number of allylic oxidation sites excluding steroid dienone is 2. The summed E-state index contributed by atoms with van der Waals surface area (Å²) in [4.78, 5) is 44.5. The lowest BCUT2D eigenvalue weighted by Gasteiger charge is -2.27. The third-order valence-corrected chi connectivity index (χ3v) is 5.86. The molecule has 0 spiro atoms. The van der Waals surface area contributed by atoms with Gasteiger partial charge in [0.25, 0.3) is 0 Å². The number of nitrogens with zero attached hydrogens (tertiary/aromatic N) is 4. The second-order valence-corrected chi connectivity index (χ2v) is 8.63. The van der Waals surface area contributed by atoms with Crippen LogP contribution in [-0.2, 0) is 20.9 Å². The summed E-state index contributed by atoms with van der Waals surface area (Å²) in [5.74, 6) is -1.31. The van der Waals surface area contributed by atoms with Gasteiger partial charge in [0.05, 0.1) is 18.4 Å². The molecule has 1 N–H and O–H groups in total. The summed E-state index contributed by atoms with van der Waals surface area (Å²) in [5.41, 5.74) is 1.57. The van der Waals surface area contributed by atoms with Crippen LogP contribution in [0.3, 0.4) is 0 Å². The molecule has 2 aromatic rings. The molecule has 4 rings (SSSR count). The molecule has 1 fully saturated rings. The quantitative estimate of drug-likeness (QED) is 0.548. The van der Waals surface area contributed by atoms with Gasteiger partial charge in [0.1, 0.15) is 18.7 Å². The molecule has 2 aliphatic rings. The smallest absolute Gasteiger partial charge is 0.247 e. The molecular weight excluding hydrogens is 394 g/mol. The average molecular weight is 422 g/mol. The maximum absolute atomic E-state index is 13.3. The molecule has 1 aromatic heterocycles. The third-order valence-electron chi connectivity index (χ3n) is 5.86. The zero-order valence-corrected chi connectivity index (χ0v) is 17.8. The van der Waals surface area contributed by atoms with Crippen molar-refractivity contribution >= 4 is 23.4 Å². The molecule has 31 heavy (non-hydrogen) atoms. The van der Waals surface area contributed by atoms with Crippen molar-refractivity contribution in [3.05, 3.63) is 54.6 Å². The normalized spacial score (nSPS) is 21.5. The van der Waals surface area contributed by atoms with Crippen LogP contribution in [0.5, 0.6) is 0 Å². The number of aromatic nitrogens is 3. The molecule has 1 aliphatic heterocycles. The summed E-state index contributed by atoms with van der Waals surface area (Å²) >= 11 is 0. The van der Waals surface area contributed by atoms with Crippen LogP contribution in [0.2, 0.25) is 0 Å². The number of anilines is 1. The Bertz CT molecular complexity index is 972. The first kappa shape index (κ1) is 21.0. The first-order valence-corrected chi connectivity index (χ1v) is 10.7. The number of carbonyl (C=O) groups excluding carboxylic acids is 3. The van der Waals surface area contributed by atoms with Crippen molar-refractivity contribution in [2.75, 3.05) is 5.32 Å². The van der Waals surface area contributed by atoms with Gasteiger partial charge in [0, 0.05) is 5.69 Å². The second-order valence-electron chi connectivity index (χ2n) is 8.63. The molecule has 0 bridgehead atoms. The second kappa shape index (κ2) is 8.83. The maximum atomic E-state index is 13.3. The minimum absolute atomic E-state index is 0.149. The number of nitrogens with one attached hydrogen (secondary N) is 1. The Labute approximate surface area is 181 Å². The molecule has 3 unspecified atom stereocenters. The summed E-state index contributed by atoms with van der Waals surface area (Å²) in [7, 11) is 0. The molecule has 0 radical (unpaired) electrons. The van der Waals surface area contributed by atoms with Crippen molar-refractivity contribution in [1.82, 2.24) is 19.7 Å². The standard InChI is InChI=1S/C23H27N5O3/c1-15(2)10-20(28-22(30)18-8-3-4-9-19(18)23(28)31)21(29)26-17-7-5-6-16(11-17)12-27-14-24-13-25-27/h3-7,11,13-15,18-20H,8-10,12H2,1-2H3,(H,26,29). The Morgan fingerprint density at radius 3 is 2.48 bits per heavy atom. The highest BCUT2D eigenvalue weighted by molar-refractivity contribution is 6.10. The van der Waals surface area contributed by atoms with Gasteiger partial charge in [0.15, 0.2) is 0 Å². The number of likely N-dealkylation sites (tertiary alicyclic amines) is 1. The van der Waals surface area contributed by atoms with Gasteiger partial charge in [-0.3, -0.25) is 19.3 Å². The molecule has 0 saturated carbocycles. The van der Waals surface area contributed by atoms with Crippen LogP contribution in [0.1, 0.15) is 38.7 Å². The number of fused-ring (bicyclic) bond motifs is 1. The Balaban J connectivity index is 1.53. The number of hydrogen-bond acceptors (Lipinski definition) is 5. The van der Waals surface area contributed by atoms with Crippen molar-refractivity contribution in [2.45, 2.75) is 45.7 Å². The minimum atomic E-state index is -0.815. The lowest BCUT2D eigenvalue weighted by Crippen LogP contribution is -2.48. The molecule has 3 atom stereocenters. The molecular formula is C23H27N5O3. The summed E-state index contributed by atoms with van der Waals surface area (Å²) in [6.07, 6.45) is 8.55. The van der Waals surface area contributed by atoms with Gasteiger partial charge >= 0.3 is 0 Å². The zero-order valence-electron chi connectivity index (χ0n) is 17.8. The summed E-state index contributed by atoms with van der Waals surface area (Å²) in [6.45, 7) is 4.50. The van der Waals surface area contributed by atoms with Crippen LogP contribution in [0.25, 0.3) is 0 Å². The highest BCUT2D eigenvalue weighted by atomic mass is 16.2. The molecule has 8 nitrogen and oxygen atoms in total. The molecule has 1 aromatic carbocycles. The largest absolute Gasteiger partial charge is 0.324 e. The maximum Gasteiger partial charge on any atom is 0.247 e. The SMILES string of the molecule is CC(C)CC(C(=O)Nc1cccc(Cn2cncn2)c1)N1C(=O)C2CC=CCC2C1=O. The predicted octanol–water partition coefficient (Wildman–Crippen LogP) is 2.63. The van der Waals surface area contributed by atoms with E-state index in [1.807, 2.05) is 44.2 Å². The van der Waals surface area contributed by atoms with Crippen LogP contribution >= 0.6 is 0 Å². The van der Waals surface area contributed by atoms with E-state index >= 15 is 0 Å². The van der Waals surface area contributed by atoms with Crippen LogP contribution in [0, 0.1) is 17.8 Å². The van der Waals surface area contributed by atoms with Gasteiger partial charge < -0.3 is 5.32 Å². The number of hydrogen-bond donors (Lipinski definition) is 1. The number of carbonyl (C=O) groups is 3. The molecule has 8 heteroatoms. The van der Waals surface area contributed by atoms with Crippen LogP contribution in [0.15, 0.2) is 49.1 Å². The third kappa shape index (κ3) is 4.42. The van der Waals surface area contributed by atoms with Crippen molar-refractivity contribution in [1.29, 1.82) is 0 Å². The van der Waals surface area contributed by atoms with E-state index in [0.717, 1.165) is 5.56 Å². The van der Waals surface area contributed by atoms with E-state index in [0.29, 0.717) is 31.5 Å². The number of amides is 3. The molecule has 2 heterocycles. The predicted molar refractivity (Wildman–Crippen MR) is 115 cm³/mol. The zero-order chi connectivity index (χ0) is 22.0. The Morgan fingerprint density at radius 2 is 1.87 bits per heavy atom. The van der Waals surface area contributed by atoms with Crippen LogP contribution < -0.4 is 5.32 Å². The van der Waals surface area contributed by atoms with E-state index in [1.165, 1.54) is 11.2 Å². The summed E-state index contributed by atoms with van der Waals surface area (Å²) in [6, 6.07) is 6.64. The van der Waals surface area contributed by atoms with Gasteiger partial charge in [-0.25, -0.2) is 9.67 Å². The highest BCUT2D eigenvalue weighted by Crippen LogP contribution is 2.37. The van der Waals surface area contributed by atoms with Gasteiger partial charge in [-0.05, 0) is 42.9 Å². The van der Waals surface area contributed by atoms with Crippen LogP contribution in [0.4, 0.5) is 5.69 Å². The first-order chi connectivity index (χ1) is 14.9. The van der Waals surface area contributed by atoms with E-state index in [4.69, 9.17) is 0 Å². The van der Waals surface area contributed by atoms with Crippen molar-refractivity contribution in [3.8, 4) is 0 Å². The minimum Gasteiger partial charge on any atom is -0.324 e. The van der Waals surface area contributed by atoms with Gasteiger partial charge in [0.2, 0.25) is 17.7 Å². The topological polar surface area (TPSA) is 97.2 Å². The summed E-state index contributed by atoms with van der Waals surface area (Å²) < 4.78 is 1.69. The molecule has 1 saturated heterocycles. The Kier molecular flexibility index (Phi) is 5.97. The van der Waals surface area contributed by atoms with Gasteiger partial charge in [-0.1, -0.05) is 38.1 Å². The molecule has 1 aliphatic carbocycles.